The molecule has 0 aliphatic carbocycles. The van der Waals surface area contributed by atoms with Gasteiger partial charge in [-0.15, -0.1) is 0 Å². The highest BCUT2D eigenvalue weighted by Crippen LogP contribution is 2.20. The smallest absolute Gasteiger partial charge is 0.263 e. The van der Waals surface area contributed by atoms with Crippen molar-refractivity contribution in [2.75, 3.05) is 36.8 Å². The van der Waals surface area contributed by atoms with Crippen molar-refractivity contribution in [1.82, 2.24) is 24.1 Å². The van der Waals surface area contributed by atoms with Crippen LogP contribution in [-0.2, 0) is 15.6 Å². The Labute approximate surface area is 146 Å². The maximum Gasteiger partial charge on any atom is 0.263 e. The van der Waals surface area contributed by atoms with E-state index >= 15 is 0 Å². The third-order valence-corrected chi connectivity index (χ3v) is 6.24. The third-order valence-electron chi connectivity index (χ3n) is 4.36. The lowest BCUT2D eigenvalue weighted by atomic mass is 10.1. The maximum atomic E-state index is 12.4. The number of aromatic amines is 1. The molecule has 25 heavy (non-hydrogen) atoms. The van der Waals surface area contributed by atoms with Crippen LogP contribution < -0.4 is 10.5 Å². The van der Waals surface area contributed by atoms with Crippen LogP contribution in [-0.4, -0.2) is 64.4 Å². The lowest BCUT2D eigenvalue weighted by Crippen LogP contribution is -2.49. The first-order chi connectivity index (χ1) is 11.6. The molecule has 1 fully saturated rings. The summed E-state index contributed by atoms with van der Waals surface area (Å²) in [5.41, 5.74) is 0.00207. The van der Waals surface area contributed by atoms with Gasteiger partial charge in [0.2, 0.25) is 16.0 Å². The van der Waals surface area contributed by atoms with Crippen molar-refractivity contribution in [2.45, 2.75) is 33.2 Å². The van der Waals surface area contributed by atoms with Crippen molar-refractivity contribution < 1.29 is 8.42 Å². The van der Waals surface area contributed by atoms with Gasteiger partial charge in [0, 0.05) is 26.2 Å². The fourth-order valence-corrected chi connectivity index (χ4v) is 3.99. The first kappa shape index (κ1) is 17.9. The molecule has 0 unspecified atom stereocenters. The molecule has 2 aromatic heterocycles. The monoisotopic (exact) mass is 368 g/mol. The first-order valence-corrected chi connectivity index (χ1v) is 9.95. The van der Waals surface area contributed by atoms with Gasteiger partial charge in [-0.3, -0.25) is 9.78 Å². The Balaban J connectivity index is 1.92. The number of piperazine rings is 1. The molecule has 0 atom stereocenters. The van der Waals surface area contributed by atoms with E-state index < -0.39 is 10.0 Å². The van der Waals surface area contributed by atoms with Gasteiger partial charge in [0.05, 0.1) is 17.5 Å². The molecule has 9 nitrogen and oxygen atoms in total. The van der Waals surface area contributed by atoms with Gasteiger partial charge in [-0.25, -0.2) is 13.1 Å². The molecule has 0 radical (unpaired) electrons. The summed E-state index contributed by atoms with van der Waals surface area (Å²) >= 11 is 0. The van der Waals surface area contributed by atoms with Crippen LogP contribution in [0.15, 0.2) is 11.0 Å². The number of anilines is 1. The zero-order chi connectivity index (χ0) is 18.4. The zero-order valence-corrected chi connectivity index (χ0v) is 15.8. The van der Waals surface area contributed by atoms with Crippen LogP contribution in [0.1, 0.15) is 27.7 Å². The molecule has 1 aliphatic heterocycles. The highest BCUT2D eigenvalue weighted by atomic mass is 32.2. The van der Waals surface area contributed by atoms with Crippen molar-refractivity contribution in [3.63, 3.8) is 0 Å². The number of aromatic nitrogens is 4. The second kappa shape index (κ2) is 6.10. The fraction of sp³-hybridized carbons (Fsp3) is 0.667. The van der Waals surface area contributed by atoms with Gasteiger partial charge >= 0.3 is 0 Å². The van der Waals surface area contributed by atoms with Crippen molar-refractivity contribution in [1.29, 1.82) is 0 Å². The second-order valence-electron chi connectivity index (χ2n) is 7.14. The number of fused-ring (bicyclic) bond motifs is 1. The summed E-state index contributed by atoms with van der Waals surface area (Å²) in [6, 6.07) is 0. The van der Waals surface area contributed by atoms with Crippen LogP contribution in [0.4, 0.5) is 5.95 Å². The van der Waals surface area contributed by atoms with Crippen LogP contribution in [0, 0.1) is 0 Å². The van der Waals surface area contributed by atoms with Gasteiger partial charge in [0.1, 0.15) is 5.39 Å². The van der Waals surface area contributed by atoms with E-state index in [-0.39, 0.29) is 16.9 Å². The quantitative estimate of drug-likeness (QED) is 0.838. The summed E-state index contributed by atoms with van der Waals surface area (Å²) in [6.45, 7) is 9.37. The lowest BCUT2D eigenvalue weighted by molar-refractivity contribution is 0.365. The van der Waals surface area contributed by atoms with E-state index in [1.54, 1.807) is 11.6 Å². The van der Waals surface area contributed by atoms with Crippen LogP contribution in [0.2, 0.25) is 0 Å². The van der Waals surface area contributed by atoms with Gasteiger partial charge in [-0.1, -0.05) is 0 Å². The van der Waals surface area contributed by atoms with E-state index in [1.807, 2.05) is 25.7 Å². The van der Waals surface area contributed by atoms with Crippen LogP contribution in [0.5, 0.6) is 0 Å². The van der Waals surface area contributed by atoms with Crippen LogP contribution in [0.3, 0.4) is 0 Å². The molecule has 3 rings (SSSR count). The number of H-pyrrole nitrogens is 1. The van der Waals surface area contributed by atoms with Gasteiger partial charge in [-0.05, 0) is 27.7 Å². The van der Waals surface area contributed by atoms with Gasteiger partial charge in [0.25, 0.3) is 5.56 Å². The van der Waals surface area contributed by atoms with Crippen molar-refractivity contribution >= 4 is 27.0 Å². The Morgan fingerprint density at radius 2 is 1.84 bits per heavy atom. The van der Waals surface area contributed by atoms with E-state index in [9.17, 15) is 13.2 Å². The standard InChI is InChI=1S/C15H24N6O3S/c1-5-25(23,24)20-8-6-19(7-9-20)14-17-12-11(13(22)18-14)10-16-21(12)15(2,3)4/h10H,5-9H2,1-4H3,(H,17,18,22). The van der Waals surface area contributed by atoms with Crippen LogP contribution in [0.25, 0.3) is 11.0 Å². The first-order valence-electron chi connectivity index (χ1n) is 8.35. The van der Waals surface area contributed by atoms with E-state index in [2.05, 4.69) is 15.1 Å². The Morgan fingerprint density at radius 1 is 1.20 bits per heavy atom. The number of hydrogen-bond donors (Lipinski definition) is 1. The largest absolute Gasteiger partial charge is 0.340 e. The molecule has 0 saturated carbocycles. The molecule has 138 valence electrons. The number of hydrogen-bond acceptors (Lipinski definition) is 6. The molecule has 0 spiro atoms. The summed E-state index contributed by atoms with van der Waals surface area (Å²) in [7, 11) is -3.19. The fourth-order valence-electron chi connectivity index (χ4n) is 2.91. The summed E-state index contributed by atoms with van der Waals surface area (Å²) in [5.74, 6) is 0.552. The Bertz CT molecular complexity index is 932. The highest BCUT2D eigenvalue weighted by molar-refractivity contribution is 7.89. The number of sulfonamides is 1. The Morgan fingerprint density at radius 3 is 2.40 bits per heavy atom. The molecule has 0 aromatic carbocycles. The summed E-state index contributed by atoms with van der Waals surface area (Å²) in [5, 5.41) is 4.75. The average molecular weight is 368 g/mol. The summed E-state index contributed by atoms with van der Waals surface area (Å²) < 4.78 is 27.2. The Kier molecular flexibility index (Phi) is 4.36. The molecular weight excluding hydrogens is 344 g/mol. The molecule has 3 heterocycles. The topological polar surface area (TPSA) is 104 Å². The molecule has 1 aliphatic rings. The van der Waals surface area contributed by atoms with Gasteiger partial charge < -0.3 is 4.90 Å². The molecule has 10 heteroatoms. The normalized spacial score (nSPS) is 17.4. The predicted octanol–water partition coefficient (Wildman–Crippen LogP) is 0.346. The molecule has 0 bridgehead atoms. The molecule has 1 saturated heterocycles. The molecule has 1 N–H and O–H groups in total. The van der Waals surface area contributed by atoms with E-state index in [1.165, 1.54) is 10.5 Å². The van der Waals surface area contributed by atoms with E-state index in [0.29, 0.717) is 43.2 Å². The number of nitrogens with zero attached hydrogens (tertiary/aromatic N) is 5. The van der Waals surface area contributed by atoms with Crippen molar-refractivity contribution in [3.8, 4) is 0 Å². The predicted molar refractivity (Wildman–Crippen MR) is 96.4 cm³/mol. The molecule has 2 aromatic rings. The third kappa shape index (κ3) is 3.28. The minimum atomic E-state index is -3.19. The van der Waals surface area contributed by atoms with Gasteiger partial charge in [0.15, 0.2) is 5.65 Å². The number of nitrogens with one attached hydrogen (secondary N) is 1. The Hall–Kier alpha value is -1.94. The minimum Gasteiger partial charge on any atom is -0.340 e. The van der Waals surface area contributed by atoms with Crippen LogP contribution >= 0.6 is 0 Å². The van der Waals surface area contributed by atoms with E-state index in [4.69, 9.17) is 0 Å². The highest BCUT2D eigenvalue weighted by Gasteiger charge is 2.27. The maximum absolute atomic E-state index is 12.4. The average Bonchev–Trinajstić information content (AvgIpc) is 2.99. The lowest BCUT2D eigenvalue weighted by Gasteiger charge is -2.34. The van der Waals surface area contributed by atoms with Crippen molar-refractivity contribution in [2.24, 2.45) is 0 Å². The summed E-state index contributed by atoms with van der Waals surface area (Å²) in [4.78, 5) is 21.7. The molecular formula is C15H24N6O3S. The SMILES string of the molecule is CCS(=O)(=O)N1CCN(c2nc3c(cnn3C(C)(C)C)c(=O)[nH]2)CC1. The molecule has 0 amide bonds. The minimum absolute atomic E-state index is 0.0960. The zero-order valence-electron chi connectivity index (χ0n) is 15.0. The van der Waals surface area contributed by atoms with Gasteiger partial charge in [-0.2, -0.15) is 14.4 Å². The summed E-state index contributed by atoms with van der Waals surface area (Å²) in [6.07, 6.45) is 1.53. The van der Waals surface area contributed by atoms with Crippen molar-refractivity contribution in [3.05, 3.63) is 16.6 Å². The second-order valence-corrected chi connectivity index (χ2v) is 9.40. The van der Waals surface area contributed by atoms with E-state index in [0.717, 1.165) is 0 Å². The number of rotatable bonds is 3.